The van der Waals surface area contributed by atoms with Gasteiger partial charge in [-0.1, -0.05) is 71.1 Å². The van der Waals surface area contributed by atoms with Crippen molar-refractivity contribution in [1.29, 1.82) is 0 Å². The van der Waals surface area contributed by atoms with Crippen molar-refractivity contribution in [2.24, 2.45) is 46.8 Å². The number of nitrogens with zero attached hydrogens (tertiary/aromatic N) is 1. The number of carbonyl (C=O) groups is 6. The van der Waals surface area contributed by atoms with Crippen molar-refractivity contribution in [3.63, 3.8) is 0 Å². The van der Waals surface area contributed by atoms with E-state index in [2.05, 4.69) is 0 Å². The fourth-order valence-electron chi connectivity index (χ4n) is 10.8. The lowest BCUT2D eigenvalue weighted by Crippen LogP contribution is -2.61. The summed E-state index contributed by atoms with van der Waals surface area (Å²) >= 11 is 0. The number of aliphatic hydroxyl groups excluding tert-OH is 4. The van der Waals surface area contributed by atoms with Gasteiger partial charge in [0.25, 0.3) is 11.7 Å². The minimum Gasteiger partial charge on any atom is -0.460 e. The van der Waals surface area contributed by atoms with Gasteiger partial charge in [0.05, 0.1) is 50.2 Å². The first kappa shape index (κ1) is 61.6. The Balaban J connectivity index is 1.69. The Morgan fingerprint density at radius 1 is 0.877 bits per heavy atom. The first-order valence-electron chi connectivity index (χ1n) is 26.5. The molecule has 0 aromatic rings. The third-order valence-corrected chi connectivity index (χ3v) is 16.0. The second-order valence-electron chi connectivity index (χ2n) is 22.0. The summed E-state index contributed by atoms with van der Waals surface area (Å²) in [5.41, 5.74) is -0.327. The number of fused-ring (bicyclic) bond motifs is 3. The second-order valence-corrected chi connectivity index (χ2v) is 22.0. The van der Waals surface area contributed by atoms with E-state index in [-0.39, 0.29) is 49.2 Å². The van der Waals surface area contributed by atoms with Crippen LogP contribution in [0, 0.1) is 46.8 Å². The van der Waals surface area contributed by atoms with Crippen LogP contribution in [0.2, 0.25) is 0 Å². The van der Waals surface area contributed by atoms with E-state index < -0.39 is 127 Å². The van der Waals surface area contributed by atoms with E-state index in [0.717, 1.165) is 10.5 Å². The van der Waals surface area contributed by atoms with Gasteiger partial charge < -0.3 is 54.1 Å². The number of hydrogen-bond donors (Lipinski definition) is 5. The van der Waals surface area contributed by atoms with E-state index >= 15 is 0 Å². The molecule has 17 heteroatoms. The predicted molar refractivity (Wildman–Crippen MR) is 271 cm³/mol. The molecule has 15 atom stereocenters. The summed E-state index contributed by atoms with van der Waals surface area (Å²) in [6.07, 6.45) is 10.6. The monoisotopic (exact) mass is 1030 g/mol. The number of cyclic esters (lactones) is 1. The molecule has 4 aliphatic rings. The van der Waals surface area contributed by atoms with Crippen LogP contribution in [0.15, 0.2) is 47.6 Å². The second kappa shape index (κ2) is 28.3. The molecule has 3 aliphatic heterocycles. The lowest BCUT2D eigenvalue weighted by atomic mass is 9.78. The molecule has 1 amide bonds. The largest absolute Gasteiger partial charge is 0.460 e. The van der Waals surface area contributed by atoms with Crippen molar-refractivity contribution < 1.29 is 78.0 Å². The first-order valence-corrected chi connectivity index (χ1v) is 26.5. The number of Topliss-reactive ketones (excluding diaryl/α,β-unsaturated/α-hetero) is 3. The average molecular weight is 1030 g/mol. The molecule has 3 fully saturated rings. The first-order chi connectivity index (χ1) is 34.5. The quantitative estimate of drug-likeness (QED) is 0.106. The highest BCUT2D eigenvalue weighted by Gasteiger charge is 2.53. The molecule has 5 N–H and O–H groups in total. The van der Waals surface area contributed by atoms with Crippen molar-refractivity contribution in [2.45, 2.75) is 181 Å². The summed E-state index contributed by atoms with van der Waals surface area (Å²) in [5.74, 6) is -10.7. The van der Waals surface area contributed by atoms with Crippen LogP contribution in [-0.2, 0) is 52.5 Å². The van der Waals surface area contributed by atoms with Crippen LogP contribution in [0.5, 0.6) is 0 Å². The highest BCUT2D eigenvalue weighted by atomic mass is 16.6. The number of ether oxygens (including phenoxy) is 5. The predicted octanol–water partition coefficient (Wildman–Crippen LogP) is 5.32. The zero-order valence-corrected chi connectivity index (χ0v) is 45.0. The van der Waals surface area contributed by atoms with Crippen molar-refractivity contribution in [3.8, 4) is 0 Å². The van der Waals surface area contributed by atoms with Gasteiger partial charge in [-0.05, 0) is 114 Å². The fraction of sp³-hybridized carbons (Fsp3) is 0.750. The summed E-state index contributed by atoms with van der Waals surface area (Å²) in [7, 11) is 3.06. The topological polar surface area (TPSA) is 253 Å². The molecule has 0 radical (unpaired) electrons. The third-order valence-electron chi connectivity index (χ3n) is 16.0. The molecule has 3 heterocycles. The highest BCUT2D eigenvalue weighted by Crippen LogP contribution is 2.38. The van der Waals surface area contributed by atoms with E-state index in [9.17, 15) is 54.3 Å². The van der Waals surface area contributed by atoms with Crippen LogP contribution in [0.25, 0.3) is 0 Å². The average Bonchev–Trinajstić information content (AvgIpc) is 3.37. The van der Waals surface area contributed by atoms with Crippen LogP contribution < -0.4 is 0 Å². The Labute approximate surface area is 432 Å². The number of allylic oxidation sites excluding steroid dienone is 6. The number of esters is 2. The van der Waals surface area contributed by atoms with Crippen LogP contribution in [0.3, 0.4) is 0 Å². The lowest BCUT2D eigenvalue weighted by molar-refractivity contribution is -0.265. The number of rotatable bonds is 10. The van der Waals surface area contributed by atoms with Gasteiger partial charge in [-0.2, -0.15) is 0 Å². The Hall–Kier alpha value is -3.94. The van der Waals surface area contributed by atoms with Crippen molar-refractivity contribution in [1.82, 2.24) is 4.90 Å². The van der Waals surface area contributed by atoms with Gasteiger partial charge in [0, 0.05) is 51.4 Å². The van der Waals surface area contributed by atoms with Crippen molar-refractivity contribution in [2.75, 3.05) is 40.6 Å². The third kappa shape index (κ3) is 16.0. The SMILES string of the molecule is CO[C@H]1C[C@@H]2CC[C@@H](C)[C@@](O)(O2)C(=O)C(=O)N2CCCC[C@H]2C(=O)O[C@H]([C@H](C)CC2CC[C@@H](OC(=O)C(C)(CO)CO)[C@H](OC)C2)CC(=O)[C@H](C)/C=C(\C)[C@@H](O)[C@@H](CO)C(=O)[C@H](C)C[C@H](C)/C=C/C=CC=C1C. The molecule has 412 valence electrons. The molecule has 73 heavy (non-hydrogen) atoms. The van der Waals surface area contributed by atoms with Crippen LogP contribution in [-0.4, -0.2) is 155 Å². The Kier molecular flexibility index (Phi) is 23.9. The maximum absolute atomic E-state index is 14.5. The van der Waals surface area contributed by atoms with Gasteiger partial charge in [0.2, 0.25) is 5.79 Å². The molecule has 1 aliphatic carbocycles. The van der Waals surface area contributed by atoms with Gasteiger partial charge in [0.15, 0.2) is 0 Å². The van der Waals surface area contributed by atoms with Crippen molar-refractivity contribution in [3.05, 3.63) is 47.6 Å². The highest BCUT2D eigenvalue weighted by molar-refractivity contribution is 6.39. The Morgan fingerprint density at radius 2 is 1.58 bits per heavy atom. The van der Waals surface area contributed by atoms with E-state index in [1.807, 2.05) is 51.2 Å². The molecule has 1 saturated carbocycles. The Morgan fingerprint density at radius 3 is 2.22 bits per heavy atom. The Bertz CT molecular complexity index is 2010. The molecule has 2 bridgehead atoms. The van der Waals surface area contributed by atoms with Gasteiger partial charge in [0.1, 0.15) is 35.2 Å². The van der Waals surface area contributed by atoms with E-state index in [1.54, 1.807) is 40.9 Å². The molecule has 0 aromatic heterocycles. The molecule has 0 aromatic carbocycles. The van der Waals surface area contributed by atoms with Gasteiger partial charge in [-0.25, -0.2) is 4.79 Å². The standard InChI is InChI=1S/C56H87NO16/c1-33-16-12-11-13-17-34(2)46(69-9)28-41-21-19-39(7)56(68,73-41)51(64)52(65)57-23-15-14-18-43(57)53(66)71-47(29-44(61)35(3)25-38(6)50(63)42(30-58)49(62)37(5)24-33)36(4)26-40-20-22-45(48(27-40)70-10)72-54(67)55(8,31-59)32-60/h11-13,16-17,25,33,35-37,39-43,45-48,50,58-60,63,68H,14-15,18-24,26-32H2,1-10H3/b13-11?,16-12+,34-17?,38-25+/t33-,35-,36-,37-,39-,40?,41+,42+,43+,45-,46+,47+,48-,50-,56-/m1/s1. The number of piperidine rings is 1. The van der Waals surface area contributed by atoms with Gasteiger partial charge in [-0.3, -0.25) is 24.0 Å². The zero-order chi connectivity index (χ0) is 54.4. The minimum absolute atomic E-state index is 0.0330. The van der Waals surface area contributed by atoms with Gasteiger partial charge in [-0.15, -0.1) is 0 Å². The van der Waals surface area contributed by atoms with Crippen LogP contribution in [0.1, 0.15) is 132 Å². The number of hydrogen-bond acceptors (Lipinski definition) is 16. The van der Waals surface area contributed by atoms with E-state index in [1.165, 1.54) is 14.0 Å². The van der Waals surface area contributed by atoms with Crippen LogP contribution >= 0.6 is 0 Å². The zero-order valence-electron chi connectivity index (χ0n) is 45.0. The molecule has 2 saturated heterocycles. The number of aliphatic hydroxyl groups is 5. The number of methoxy groups -OCH3 is 2. The van der Waals surface area contributed by atoms with Crippen molar-refractivity contribution >= 4 is 35.2 Å². The minimum atomic E-state index is -2.47. The van der Waals surface area contributed by atoms with E-state index in [0.29, 0.717) is 63.4 Å². The maximum atomic E-state index is 14.5. The summed E-state index contributed by atoms with van der Waals surface area (Å²) in [6, 6.07) is -1.21. The van der Waals surface area contributed by atoms with E-state index in [4.69, 9.17) is 23.7 Å². The molecular formula is C56H87NO16. The summed E-state index contributed by atoms with van der Waals surface area (Å²) < 4.78 is 29.8. The normalized spacial score (nSPS) is 36.3. The number of amides is 1. The smallest absolute Gasteiger partial charge is 0.329 e. The summed E-state index contributed by atoms with van der Waals surface area (Å²) in [4.78, 5) is 85.3. The molecule has 0 spiro atoms. The number of ketones is 3. The molecule has 4 rings (SSSR count). The summed E-state index contributed by atoms with van der Waals surface area (Å²) in [6.45, 7) is 12.0. The molecular weight excluding hydrogens is 943 g/mol. The fourth-order valence-corrected chi connectivity index (χ4v) is 10.8. The molecule has 17 nitrogen and oxygen atoms in total. The maximum Gasteiger partial charge on any atom is 0.329 e. The lowest BCUT2D eigenvalue weighted by Gasteiger charge is -2.42. The van der Waals surface area contributed by atoms with Crippen LogP contribution in [0.4, 0.5) is 0 Å². The summed E-state index contributed by atoms with van der Waals surface area (Å²) in [5, 5.41) is 53.4. The number of carbonyl (C=O) groups excluding carboxylic acids is 6. The molecule has 1 unspecified atom stereocenters. The van der Waals surface area contributed by atoms with Gasteiger partial charge >= 0.3 is 11.9 Å².